The van der Waals surface area contributed by atoms with Crippen LogP contribution in [0.15, 0.2) is 12.7 Å². The van der Waals surface area contributed by atoms with Gasteiger partial charge in [0.25, 0.3) is 0 Å². The van der Waals surface area contributed by atoms with Crippen molar-refractivity contribution in [3.63, 3.8) is 0 Å². The molecule has 0 spiro atoms. The Morgan fingerprint density at radius 2 is 2.00 bits per heavy atom. The van der Waals surface area contributed by atoms with Gasteiger partial charge < -0.3 is 5.32 Å². The summed E-state index contributed by atoms with van der Waals surface area (Å²) in [5.74, 6) is 0. The second kappa shape index (κ2) is 2.98. The van der Waals surface area contributed by atoms with Gasteiger partial charge >= 0.3 is 0 Å². The van der Waals surface area contributed by atoms with Gasteiger partial charge in [-0.15, -0.1) is 6.58 Å². The molecule has 1 heterocycles. The van der Waals surface area contributed by atoms with E-state index in [-0.39, 0.29) is 0 Å². The van der Waals surface area contributed by atoms with Gasteiger partial charge in [0, 0.05) is 12.1 Å². The van der Waals surface area contributed by atoms with Gasteiger partial charge in [-0.2, -0.15) is 0 Å². The Morgan fingerprint density at radius 1 is 1.36 bits per heavy atom. The van der Waals surface area contributed by atoms with Gasteiger partial charge in [0.2, 0.25) is 0 Å². The minimum absolute atomic E-state index is 0.401. The highest BCUT2D eigenvalue weighted by molar-refractivity contribution is 4.97. The van der Waals surface area contributed by atoms with E-state index in [9.17, 15) is 0 Å². The van der Waals surface area contributed by atoms with Crippen LogP contribution in [0.1, 0.15) is 33.6 Å². The third-order valence-corrected chi connectivity index (χ3v) is 2.51. The Labute approximate surface area is 69.9 Å². The van der Waals surface area contributed by atoms with Crippen LogP contribution in [-0.2, 0) is 0 Å². The first-order valence-corrected chi connectivity index (χ1v) is 4.42. The van der Waals surface area contributed by atoms with Crippen molar-refractivity contribution in [3.8, 4) is 0 Å². The van der Waals surface area contributed by atoms with E-state index in [4.69, 9.17) is 0 Å². The minimum atomic E-state index is 0.401. The molecule has 2 atom stereocenters. The van der Waals surface area contributed by atoms with E-state index in [2.05, 4.69) is 32.7 Å². The highest BCUT2D eigenvalue weighted by Gasteiger charge is 2.30. The molecule has 1 unspecified atom stereocenters. The largest absolute Gasteiger partial charge is 0.307 e. The molecule has 1 saturated heterocycles. The number of rotatable bonds is 1. The first kappa shape index (κ1) is 8.79. The molecular formula is C10H19N. The van der Waals surface area contributed by atoms with E-state index < -0.39 is 0 Å². The van der Waals surface area contributed by atoms with E-state index in [0.29, 0.717) is 17.5 Å². The summed E-state index contributed by atoms with van der Waals surface area (Å²) in [6, 6.07) is 1.23. The van der Waals surface area contributed by atoms with Crippen molar-refractivity contribution >= 4 is 0 Å². The molecule has 1 aliphatic heterocycles. The van der Waals surface area contributed by atoms with Crippen molar-refractivity contribution < 1.29 is 0 Å². The normalized spacial score (nSPS) is 32.3. The molecule has 0 aromatic carbocycles. The lowest BCUT2D eigenvalue weighted by Crippen LogP contribution is -2.37. The van der Waals surface area contributed by atoms with Crippen LogP contribution in [0.3, 0.4) is 0 Å². The Bertz CT molecular complexity index is 143. The van der Waals surface area contributed by atoms with Gasteiger partial charge in [0.15, 0.2) is 0 Å². The highest BCUT2D eigenvalue weighted by Crippen LogP contribution is 2.28. The van der Waals surface area contributed by atoms with Gasteiger partial charge in [-0.25, -0.2) is 0 Å². The lowest BCUT2D eigenvalue weighted by molar-refractivity contribution is 0.291. The summed E-state index contributed by atoms with van der Waals surface area (Å²) in [7, 11) is 0. The molecule has 1 nitrogen and oxygen atoms in total. The number of hydrogen-bond acceptors (Lipinski definition) is 1. The summed E-state index contributed by atoms with van der Waals surface area (Å²) < 4.78 is 0. The van der Waals surface area contributed by atoms with Gasteiger partial charge in [0.05, 0.1) is 0 Å². The highest BCUT2D eigenvalue weighted by atomic mass is 15.0. The summed E-state index contributed by atoms with van der Waals surface area (Å²) in [4.78, 5) is 0. The zero-order valence-electron chi connectivity index (χ0n) is 7.85. The van der Waals surface area contributed by atoms with E-state index in [1.165, 1.54) is 12.8 Å². The molecule has 0 amide bonds. The van der Waals surface area contributed by atoms with Crippen LogP contribution < -0.4 is 5.32 Å². The van der Waals surface area contributed by atoms with Crippen molar-refractivity contribution in [3.05, 3.63) is 12.7 Å². The molecule has 0 aromatic heterocycles. The van der Waals surface area contributed by atoms with Crippen molar-refractivity contribution in [2.45, 2.75) is 45.7 Å². The van der Waals surface area contributed by atoms with Crippen LogP contribution in [0, 0.1) is 5.41 Å². The average molecular weight is 153 g/mol. The summed E-state index contributed by atoms with van der Waals surface area (Å²) in [5, 5.41) is 3.56. The third-order valence-electron chi connectivity index (χ3n) is 2.51. The molecule has 1 N–H and O–H groups in total. The fraction of sp³-hybridized carbons (Fsp3) is 0.800. The zero-order valence-corrected chi connectivity index (χ0v) is 7.85. The molecule has 0 bridgehead atoms. The first-order valence-electron chi connectivity index (χ1n) is 4.42. The molecule has 1 fully saturated rings. The predicted octanol–water partition coefficient (Wildman–Crippen LogP) is 2.34. The molecule has 0 radical (unpaired) electrons. The zero-order chi connectivity index (χ0) is 8.48. The van der Waals surface area contributed by atoms with Gasteiger partial charge in [0.1, 0.15) is 0 Å². The van der Waals surface area contributed by atoms with Crippen LogP contribution in [0.4, 0.5) is 0 Å². The number of hydrogen-bond donors (Lipinski definition) is 1. The maximum atomic E-state index is 3.80. The Balaban J connectivity index is 2.48. The Kier molecular flexibility index (Phi) is 2.38. The third kappa shape index (κ3) is 2.06. The Hall–Kier alpha value is -0.300. The fourth-order valence-electron chi connectivity index (χ4n) is 1.64. The maximum absolute atomic E-state index is 3.80. The van der Waals surface area contributed by atoms with E-state index >= 15 is 0 Å². The average Bonchev–Trinajstić information content (AvgIpc) is 2.32. The minimum Gasteiger partial charge on any atom is -0.307 e. The summed E-state index contributed by atoms with van der Waals surface area (Å²) in [6.45, 7) is 10.7. The van der Waals surface area contributed by atoms with Gasteiger partial charge in [-0.05, 0) is 18.3 Å². The molecular weight excluding hydrogens is 134 g/mol. The monoisotopic (exact) mass is 153 g/mol. The molecule has 0 aliphatic carbocycles. The molecule has 0 aromatic rings. The SMILES string of the molecule is C=CC1CC[C@@H](C(C)(C)C)N1. The lowest BCUT2D eigenvalue weighted by atomic mass is 9.86. The van der Waals surface area contributed by atoms with Crippen LogP contribution in [0.2, 0.25) is 0 Å². The molecule has 1 aliphatic rings. The van der Waals surface area contributed by atoms with E-state index in [1.807, 2.05) is 6.08 Å². The smallest absolute Gasteiger partial charge is 0.0250 e. The number of nitrogens with one attached hydrogen (secondary N) is 1. The van der Waals surface area contributed by atoms with Gasteiger partial charge in [-0.3, -0.25) is 0 Å². The topological polar surface area (TPSA) is 12.0 Å². The molecule has 0 saturated carbocycles. The van der Waals surface area contributed by atoms with Crippen molar-refractivity contribution in [2.75, 3.05) is 0 Å². The van der Waals surface area contributed by atoms with Crippen molar-refractivity contribution in [1.29, 1.82) is 0 Å². The molecule has 1 rings (SSSR count). The predicted molar refractivity (Wildman–Crippen MR) is 49.6 cm³/mol. The van der Waals surface area contributed by atoms with Crippen LogP contribution in [0.25, 0.3) is 0 Å². The Morgan fingerprint density at radius 3 is 2.27 bits per heavy atom. The van der Waals surface area contributed by atoms with Crippen LogP contribution >= 0.6 is 0 Å². The fourth-order valence-corrected chi connectivity index (χ4v) is 1.64. The molecule has 11 heavy (non-hydrogen) atoms. The lowest BCUT2D eigenvalue weighted by Gasteiger charge is -2.27. The molecule has 64 valence electrons. The standard InChI is InChI=1S/C10H19N/c1-5-8-6-7-9(11-8)10(2,3)4/h5,8-9,11H,1,6-7H2,2-4H3/t8?,9-/m0/s1. The molecule has 1 heteroatoms. The maximum Gasteiger partial charge on any atom is 0.0250 e. The van der Waals surface area contributed by atoms with Gasteiger partial charge in [-0.1, -0.05) is 26.8 Å². The van der Waals surface area contributed by atoms with Crippen LogP contribution in [-0.4, -0.2) is 12.1 Å². The van der Waals surface area contributed by atoms with E-state index in [0.717, 1.165) is 0 Å². The summed E-state index contributed by atoms with van der Waals surface area (Å²) >= 11 is 0. The second-order valence-corrected chi connectivity index (χ2v) is 4.50. The first-order chi connectivity index (χ1) is 5.04. The van der Waals surface area contributed by atoms with E-state index in [1.54, 1.807) is 0 Å². The van der Waals surface area contributed by atoms with Crippen LogP contribution in [0.5, 0.6) is 0 Å². The summed E-state index contributed by atoms with van der Waals surface area (Å²) in [6.07, 6.45) is 4.57. The van der Waals surface area contributed by atoms with Crippen molar-refractivity contribution in [1.82, 2.24) is 5.32 Å². The quantitative estimate of drug-likeness (QED) is 0.570. The second-order valence-electron chi connectivity index (χ2n) is 4.50. The van der Waals surface area contributed by atoms with Crippen molar-refractivity contribution in [2.24, 2.45) is 5.41 Å². The summed E-state index contributed by atoms with van der Waals surface area (Å²) in [5.41, 5.74) is 0.401.